The number of benzene rings is 1. The zero-order valence-electron chi connectivity index (χ0n) is 14.0. The molecule has 10 heteroatoms. The van der Waals surface area contributed by atoms with Gasteiger partial charge in [-0.2, -0.15) is 22.7 Å². The molecule has 0 bridgehead atoms. The van der Waals surface area contributed by atoms with Crippen LogP contribution in [0.2, 0.25) is 0 Å². The number of rotatable bonds is 3. The predicted octanol–water partition coefficient (Wildman–Crippen LogP) is 2.48. The highest BCUT2D eigenvalue weighted by molar-refractivity contribution is 7.89. The van der Waals surface area contributed by atoms with Crippen molar-refractivity contribution in [3.05, 3.63) is 53.7 Å². The molecular formula is C17H15F3N4O2S. The van der Waals surface area contributed by atoms with Gasteiger partial charge in [0.1, 0.15) is 11.9 Å². The van der Waals surface area contributed by atoms with Crippen LogP contribution in [0, 0.1) is 11.3 Å². The smallest absolute Gasteiger partial charge is 0.353 e. The summed E-state index contributed by atoms with van der Waals surface area (Å²) in [4.78, 5) is 5.15. The Morgan fingerprint density at radius 3 is 2.33 bits per heavy atom. The van der Waals surface area contributed by atoms with Gasteiger partial charge in [0.15, 0.2) is 0 Å². The van der Waals surface area contributed by atoms with Crippen molar-refractivity contribution in [1.29, 1.82) is 5.26 Å². The Bertz CT molecular complexity index is 978. The van der Waals surface area contributed by atoms with E-state index in [9.17, 15) is 21.6 Å². The average molecular weight is 396 g/mol. The number of aromatic nitrogens is 1. The summed E-state index contributed by atoms with van der Waals surface area (Å²) in [5, 5.41) is 9.16. The van der Waals surface area contributed by atoms with Gasteiger partial charge in [0.2, 0.25) is 10.0 Å². The monoisotopic (exact) mass is 396 g/mol. The number of anilines is 1. The molecule has 0 radical (unpaired) electrons. The SMILES string of the molecule is N#Cc1cccnc1N1CCN(S(=O)(=O)c2ccccc2C(F)(F)F)CC1. The summed E-state index contributed by atoms with van der Waals surface area (Å²) >= 11 is 0. The molecule has 1 aliphatic heterocycles. The molecule has 1 aromatic heterocycles. The minimum absolute atomic E-state index is 0.00400. The maximum absolute atomic E-state index is 13.2. The van der Waals surface area contributed by atoms with E-state index < -0.39 is 26.7 Å². The molecular weight excluding hydrogens is 381 g/mol. The third-order valence-electron chi connectivity index (χ3n) is 4.26. The topological polar surface area (TPSA) is 77.3 Å². The van der Waals surface area contributed by atoms with Gasteiger partial charge in [-0.25, -0.2) is 13.4 Å². The molecule has 142 valence electrons. The van der Waals surface area contributed by atoms with E-state index >= 15 is 0 Å². The van der Waals surface area contributed by atoms with Crippen LogP contribution < -0.4 is 4.90 Å². The molecule has 2 aromatic rings. The van der Waals surface area contributed by atoms with Gasteiger partial charge in [0.05, 0.1) is 16.0 Å². The van der Waals surface area contributed by atoms with Gasteiger partial charge in [0.25, 0.3) is 0 Å². The number of nitriles is 1. The molecule has 6 nitrogen and oxygen atoms in total. The highest BCUT2D eigenvalue weighted by Gasteiger charge is 2.39. The van der Waals surface area contributed by atoms with E-state index in [1.807, 2.05) is 6.07 Å². The van der Waals surface area contributed by atoms with Gasteiger partial charge in [-0.1, -0.05) is 12.1 Å². The summed E-state index contributed by atoms with van der Waals surface area (Å²) < 4.78 is 66.1. The predicted molar refractivity (Wildman–Crippen MR) is 91.4 cm³/mol. The largest absolute Gasteiger partial charge is 0.417 e. The molecule has 0 aliphatic carbocycles. The van der Waals surface area contributed by atoms with E-state index in [1.54, 1.807) is 17.0 Å². The number of alkyl halides is 3. The van der Waals surface area contributed by atoms with E-state index in [0.717, 1.165) is 22.5 Å². The first kappa shape index (κ1) is 19.1. The minimum Gasteiger partial charge on any atom is -0.353 e. The van der Waals surface area contributed by atoms with Crippen molar-refractivity contribution in [1.82, 2.24) is 9.29 Å². The summed E-state index contributed by atoms with van der Waals surface area (Å²) in [7, 11) is -4.30. The molecule has 1 aliphatic rings. The first-order valence-electron chi connectivity index (χ1n) is 8.01. The summed E-state index contributed by atoms with van der Waals surface area (Å²) in [5.41, 5.74) is -0.819. The first-order valence-corrected chi connectivity index (χ1v) is 9.45. The highest BCUT2D eigenvalue weighted by atomic mass is 32.2. The van der Waals surface area contributed by atoms with E-state index in [2.05, 4.69) is 4.98 Å². The van der Waals surface area contributed by atoms with E-state index in [0.29, 0.717) is 11.4 Å². The molecule has 2 heterocycles. The Morgan fingerprint density at radius 2 is 1.70 bits per heavy atom. The number of pyridine rings is 1. The normalized spacial score (nSPS) is 16.1. The lowest BCUT2D eigenvalue weighted by atomic mass is 10.2. The molecule has 3 rings (SSSR count). The first-order chi connectivity index (χ1) is 12.7. The number of nitrogens with zero attached hydrogens (tertiary/aromatic N) is 4. The van der Waals surface area contributed by atoms with Gasteiger partial charge in [-0.05, 0) is 24.3 Å². The molecule has 0 saturated carbocycles. The van der Waals surface area contributed by atoms with Crippen LogP contribution in [0.3, 0.4) is 0 Å². The van der Waals surface area contributed by atoms with Crippen molar-refractivity contribution in [2.45, 2.75) is 11.1 Å². The highest BCUT2D eigenvalue weighted by Crippen LogP contribution is 2.35. The maximum Gasteiger partial charge on any atom is 0.417 e. The van der Waals surface area contributed by atoms with Crippen LogP contribution in [0.25, 0.3) is 0 Å². The summed E-state index contributed by atoms with van der Waals surface area (Å²) in [6.07, 6.45) is -3.24. The minimum atomic E-state index is -4.76. The van der Waals surface area contributed by atoms with Gasteiger partial charge < -0.3 is 4.90 Å². The zero-order chi connectivity index (χ0) is 19.7. The van der Waals surface area contributed by atoms with E-state index in [4.69, 9.17) is 5.26 Å². The zero-order valence-corrected chi connectivity index (χ0v) is 14.8. The Morgan fingerprint density at radius 1 is 1.04 bits per heavy atom. The van der Waals surface area contributed by atoms with E-state index in [1.165, 1.54) is 12.3 Å². The summed E-state index contributed by atoms with van der Waals surface area (Å²) in [6.45, 7) is 0.435. The summed E-state index contributed by atoms with van der Waals surface area (Å²) in [6, 6.07) is 9.40. The lowest BCUT2D eigenvalue weighted by Gasteiger charge is -2.35. The van der Waals surface area contributed by atoms with Crippen LogP contribution in [0.4, 0.5) is 19.0 Å². The molecule has 0 atom stereocenters. The second-order valence-electron chi connectivity index (χ2n) is 5.87. The number of sulfonamides is 1. The van der Waals surface area contributed by atoms with Crippen LogP contribution in [0.15, 0.2) is 47.5 Å². The fourth-order valence-electron chi connectivity index (χ4n) is 2.94. The van der Waals surface area contributed by atoms with Crippen molar-refractivity contribution < 1.29 is 21.6 Å². The Balaban J connectivity index is 1.83. The van der Waals surface area contributed by atoms with Crippen LogP contribution in [-0.4, -0.2) is 43.9 Å². The van der Waals surface area contributed by atoms with Crippen molar-refractivity contribution in [3.8, 4) is 6.07 Å². The third kappa shape index (κ3) is 3.74. The van der Waals surface area contributed by atoms with Crippen molar-refractivity contribution in [2.24, 2.45) is 0 Å². The molecule has 0 N–H and O–H groups in total. The number of hydrogen-bond acceptors (Lipinski definition) is 5. The Labute approximate surface area is 154 Å². The molecule has 1 aromatic carbocycles. The third-order valence-corrected chi connectivity index (χ3v) is 6.21. The van der Waals surface area contributed by atoms with Crippen molar-refractivity contribution >= 4 is 15.8 Å². The number of hydrogen-bond donors (Lipinski definition) is 0. The van der Waals surface area contributed by atoms with Crippen molar-refractivity contribution in [3.63, 3.8) is 0 Å². The molecule has 0 amide bonds. The molecule has 0 spiro atoms. The second kappa shape index (κ2) is 7.17. The molecule has 0 unspecified atom stereocenters. The summed E-state index contributed by atoms with van der Waals surface area (Å²) in [5.74, 6) is 0.438. The molecule has 27 heavy (non-hydrogen) atoms. The van der Waals surface area contributed by atoms with Crippen LogP contribution in [0.5, 0.6) is 0 Å². The fourth-order valence-corrected chi connectivity index (χ4v) is 4.58. The number of halogens is 3. The van der Waals surface area contributed by atoms with Gasteiger partial charge in [0, 0.05) is 32.4 Å². The van der Waals surface area contributed by atoms with Gasteiger partial charge in [-0.3, -0.25) is 0 Å². The van der Waals surface area contributed by atoms with Gasteiger partial charge >= 0.3 is 6.18 Å². The van der Waals surface area contributed by atoms with Crippen molar-refractivity contribution in [2.75, 3.05) is 31.1 Å². The standard InChI is InChI=1S/C17H15F3N4O2S/c18-17(19,20)14-5-1-2-6-15(14)27(25,26)24-10-8-23(9-11-24)16-13(12-21)4-3-7-22-16/h1-7H,8-11H2. The van der Waals surface area contributed by atoms with Crippen LogP contribution in [-0.2, 0) is 16.2 Å². The van der Waals surface area contributed by atoms with E-state index in [-0.39, 0.29) is 26.2 Å². The lowest BCUT2D eigenvalue weighted by Crippen LogP contribution is -2.49. The van der Waals surface area contributed by atoms with Crippen LogP contribution in [0.1, 0.15) is 11.1 Å². The van der Waals surface area contributed by atoms with Gasteiger partial charge in [-0.15, -0.1) is 0 Å². The quantitative estimate of drug-likeness (QED) is 0.797. The Hall–Kier alpha value is -2.64. The average Bonchev–Trinajstić information content (AvgIpc) is 2.67. The maximum atomic E-state index is 13.2. The Kier molecular flexibility index (Phi) is 5.08. The lowest BCUT2D eigenvalue weighted by molar-refractivity contribution is -0.139. The van der Waals surface area contributed by atoms with Crippen LogP contribution >= 0.6 is 0 Å². The molecule has 1 fully saturated rings. The second-order valence-corrected chi connectivity index (χ2v) is 7.78. The number of piperazine rings is 1. The fraction of sp³-hybridized carbons (Fsp3) is 0.294. The molecule has 1 saturated heterocycles.